The number of benzene rings is 8. The fourth-order valence-corrected chi connectivity index (χ4v) is 22.7. The molecule has 572 valence electrons. The maximum atomic E-state index is 5.99. The van der Waals surface area contributed by atoms with Crippen LogP contribution < -0.4 is 67.3 Å². The van der Waals surface area contributed by atoms with Crippen LogP contribution in [0.2, 0.25) is 0 Å². The van der Waals surface area contributed by atoms with Crippen LogP contribution in [0.3, 0.4) is 0 Å². The van der Waals surface area contributed by atoms with Crippen LogP contribution in [-0.2, 0) is 97.8 Å². The van der Waals surface area contributed by atoms with Crippen LogP contribution in [0, 0.1) is 147 Å². The van der Waals surface area contributed by atoms with Gasteiger partial charge in [0, 0.05) is 22.6 Å². The summed E-state index contributed by atoms with van der Waals surface area (Å²) in [7, 11) is -2.55. The second-order valence-electron chi connectivity index (χ2n) is 27.6. The second kappa shape index (κ2) is 47.0. The molecule has 18 heteroatoms. The van der Waals surface area contributed by atoms with Gasteiger partial charge in [-0.3, -0.25) is 0 Å². The van der Waals surface area contributed by atoms with Crippen LogP contribution in [0.1, 0.15) is 55.4 Å². The van der Waals surface area contributed by atoms with Crippen molar-refractivity contribution in [1.82, 2.24) is 0 Å². The monoisotopic (exact) mass is 2020 g/mol. The predicted octanol–water partition coefficient (Wildman–Crippen LogP) is 11.2. The molecule has 4 fully saturated rings. The van der Waals surface area contributed by atoms with Gasteiger partial charge < -0.3 is 43.8 Å². The van der Waals surface area contributed by atoms with Crippen molar-refractivity contribution >= 4 is 97.7 Å². The van der Waals surface area contributed by atoms with E-state index in [1.165, 1.54) is 65.1 Å². The summed E-state index contributed by atoms with van der Waals surface area (Å²) in [5.41, 5.74) is 5.28. The molecule has 4 aliphatic carbocycles. The fraction of sp³-hybridized carbons (Fsp3) is 0.217. The average Bonchev–Trinajstić information content (AvgIpc) is 1.70. The second-order valence-corrected chi connectivity index (χ2v) is 36.3. The minimum atomic E-state index is -0.636. The van der Waals surface area contributed by atoms with E-state index in [1.807, 2.05) is 0 Å². The van der Waals surface area contributed by atoms with E-state index in [4.69, 9.17) is 38.9 Å². The Kier molecular flexibility index (Phi) is 40.0. The number of hydrogen-bond acceptors (Lipinski definition) is 8. The minimum absolute atomic E-state index is 0. The van der Waals surface area contributed by atoms with E-state index < -0.39 is 31.7 Å². The van der Waals surface area contributed by atoms with Crippen molar-refractivity contribution in [2.45, 2.75) is 79.6 Å². The molecule has 110 heavy (non-hydrogen) atoms. The molecule has 0 amide bonds. The molecule has 0 unspecified atom stereocenters. The Morgan fingerprint density at radius 2 is 0.391 bits per heavy atom. The van der Waals surface area contributed by atoms with E-state index in [0.29, 0.717) is 50.1 Å². The zero-order valence-corrected chi connectivity index (χ0v) is 74.4. The molecular weight excluding hydrogens is 1930 g/mol. The van der Waals surface area contributed by atoms with Gasteiger partial charge >= 0.3 is 78.9 Å². The van der Waals surface area contributed by atoms with E-state index in [2.05, 4.69) is 375 Å². The molecule has 8 nitrogen and oxygen atoms in total. The molecule has 4 heterocycles. The Labute approximate surface area is 729 Å². The third-order valence-electron chi connectivity index (χ3n) is 18.9. The zero-order valence-electron chi connectivity index (χ0n) is 62.7. The molecular formula is C92H92Au2Cl2Fe2N4O4P4+4. The number of aliphatic imine (C=N–C) groups is 4. The van der Waals surface area contributed by atoms with Gasteiger partial charge in [0.25, 0.3) is 0 Å². The van der Waals surface area contributed by atoms with E-state index in [-0.39, 0.29) is 128 Å². The number of nitrogens with zero attached hydrogens (tertiary/aromatic N) is 4. The van der Waals surface area contributed by atoms with Gasteiger partial charge in [-0.25, -0.2) is 20.0 Å². The number of hydrogen-bond donors (Lipinski definition) is 0. The first-order valence-corrected chi connectivity index (χ1v) is 41.8. The molecule has 4 atom stereocenters. The van der Waals surface area contributed by atoms with E-state index in [1.54, 1.807) is 0 Å². The predicted molar refractivity (Wildman–Crippen MR) is 442 cm³/mol. The standard InChI is InChI=1S/4C23H23NOP.2Au.2ClH.2Fe/c4*1-17(2)21-16-25-23(24-21)20-14-9-15-22(20)26(18-10-5-3-6-11-18)19-12-7-4-8-13-19;;;;;;/h4*3-15,17,21H,16H2,1-2H3;;;2*1H;;/q;;;;2*+1;;;2*+2/p-2/t4*21-;;;;;;/m1111....../s1. The molecule has 20 radical (unpaired) electrons. The van der Waals surface area contributed by atoms with Crippen LogP contribution in [0.25, 0.3) is 0 Å². The Bertz CT molecular complexity index is 3380. The van der Waals surface area contributed by atoms with Crippen molar-refractivity contribution in [3.63, 3.8) is 0 Å². The first-order chi connectivity index (χ1) is 50.9. The van der Waals surface area contributed by atoms with Crippen LogP contribution in [0.15, 0.2) is 263 Å². The van der Waals surface area contributed by atoms with Crippen LogP contribution >= 0.6 is 31.7 Å². The zero-order chi connectivity index (χ0) is 71.7. The van der Waals surface area contributed by atoms with Crippen LogP contribution in [0.5, 0.6) is 0 Å². The average molecular weight is 2020 g/mol. The molecule has 4 saturated carbocycles. The van der Waals surface area contributed by atoms with Gasteiger partial charge in [-0.05, 0) is 175 Å². The summed E-state index contributed by atoms with van der Waals surface area (Å²) in [5.74, 6) is 9.80. The summed E-state index contributed by atoms with van der Waals surface area (Å²) in [4.78, 5) is 19.5. The van der Waals surface area contributed by atoms with Crippen LogP contribution in [-0.4, -0.2) is 74.2 Å². The summed E-state index contributed by atoms with van der Waals surface area (Å²) < 4.78 is 24.0. The third-order valence-corrected chi connectivity index (χ3v) is 28.9. The molecule has 8 aliphatic rings. The number of ether oxygens (including phenoxy) is 4. The summed E-state index contributed by atoms with van der Waals surface area (Å²) in [5, 5.41) is 10.8. The number of rotatable bonds is 20. The maximum Gasteiger partial charge on any atom is 2.00 e. The fourth-order valence-electron chi connectivity index (χ4n) is 13.0. The normalized spacial score (nSPS) is 20.2. The van der Waals surface area contributed by atoms with E-state index in [9.17, 15) is 0 Å². The molecule has 8 aromatic carbocycles. The van der Waals surface area contributed by atoms with Gasteiger partial charge in [0.05, 0.1) is 47.8 Å². The number of halogens is 2. The summed E-state index contributed by atoms with van der Waals surface area (Å²) in [6, 6.07) is 87.2. The Morgan fingerprint density at radius 1 is 0.245 bits per heavy atom. The van der Waals surface area contributed by atoms with E-state index >= 15 is 0 Å². The van der Waals surface area contributed by atoms with E-state index in [0.717, 1.165) is 47.3 Å². The van der Waals surface area contributed by atoms with Gasteiger partial charge in [-0.1, -0.05) is 298 Å². The first-order valence-electron chi connectivity index (χ1n) is 36.4. The molecule has 16 rings (SSSR count). The van der Waals surface area contributed by atoms with Gasteiger partial charge in [-0.2, -0.15) is 0 Å². The minimum Gasteiger partial charge on any atom is -1.00 e. The Hall–Kier alpha value is -3.54. The summed E-state index contributed by atoms with van der Waals surface area (Å²) in [6.45, 7) is 20.4. The summed E-state index contributed by atoms with van der Waals surface area (Å²) >= 11 is 0. The van der Waals surface area contributed by atoms with Crippen molar-refractivity contribution in [3.8, 4) is 0 Å². The maximum absolute atomic E-state index is 5.99. The molecule has 0 saturated heterocycles. The molecule has 0 bridgehead atoms. The first kappa shape index (κ1) is 93.6. The van der Waals surface area contributed by atoms with Crippen molar-refractivity contribution in [2.24, 2.45) is 43.6 Å². The van der Waals surface area contributed by atoms with Crippen LogP contribution in [0.4, 0.5) is 0 Å². The topological polar surface area (TPSA) is 86.4 Å². The van der Waals surface area contributed by atoms with Gasteiger partial charge in [0.15, 0.2) is 23.6 Å². The smallest absolute Gasteiger partial charge is 1.00 e. The molecule has 0 N–H and O–H groups in total. The Morgan fingerprint density at radius 3 is 0.518 bits per heavy atom. The quantitative estimate of drug-likeness (QED) is 0.0562. The van der Waals surface area contributed by atoms with Gasteiger partial charge in [0.2, 0.25) is 0 Å². The van der Waals surface area contributed by atoms with Crippen molar-refractivity contribution in [2.75, 3.05) is 26.4 Å². The van der Waals surface area contributed by atoms with Crippen molar-refractivity contribution < 1.29 is 123 Å². The Balaban J connectivity index is 0.000000200. The largest absolute Gasteiger partial charge is 2.00 e. The van der Waals surface area contributed by atoms with Crippen molar-refractivity contribution in [3.05, 3.63) is 366 Å². The molecule has 0 aromatic heterocycles. The summed E-state index contributed by atoms with van der Waals surface area (Å²) in [6.07, 6.45) is 26.0. The molecule has 8 aromatic rings. The molecule has 4 aliphatic heterocycles. The van der Waals surface area contributed by atoms with Crippen molar-refractivity contribution in [1.29, 1.82) is 0 Å². The van der Waals surface area contributed by atoms with Gasteiger partial charge in [-0.15, -0.1) is 0 Å². The van der Waals surface area contributed by atoms with Gasteiger partial charge in [0.1, 0.15) is 26.4 Å². The third kappa shape index (κ3) is 23.9. The molecule has 0 spiro atoms. The SMILES string of the molecule is CC(C)[C@H]1COC([C]2[CH][CH][CH][C]2P(c2ccccc2)c2ccccc2)=N1.CC(C)[C@H]1COC([C]2[CH][CH][CH][C]2P(c2ccccc2)c2ccccc2)=N1.CC(C)[C@H]1COC([C]2[CH][CH][CH][C]2P(c2ccccc2)c2ccccc2)=N1.CC(C)[C@H]1COC([C]2[CH][CH][CH][C]2P(c2ccccc2)c2ccccc2)=N1.[Au+].[Au+].[Cl-].[Cl-].[Fe+2].[Fe+2].